The van der Waals surface area contributed by atoms with Gasteiger partial charge in [-0.25, -0.2) is 17.8 Å². The fraction of sp³-hybridized carbons (Fsp3) is 0.611. The Morgan fingerprint density at radius 2 is 2.04 bits per heavy atom. The number of hydrogen-bond acceptors (Lipinski definition) is 5. The second-order valence-corrected chi connectivity index (χ2v) is 8.83. The average molecular weight is 528 g/mol. The highest BCUT2D eigenvalue weighted by Crippen LogP contribution is 2.13. The summed E-state index contributed by atoms with van der Waals surface area (Å²) in [5, 5.41) is 6.42. The van der Waals surface area contributed by atoms with Gasteiger partial charge in [0.1, 0.15) is 17.7 Å². The van der Waals surface area contributed by atoms with Crippen molar-refractivity contribution in [3.05, 3.63) is 30.1 Å². The van der Waals surface area contributed by atoms with Crippen molar-refractivity contribution in [3.8, 4) is 5.75 Å². The summed E-state index contributed by atoms with van der Waals surface area (Å²) in [6, 6.07) is 6.05. The minimum absolute atomic E-state index is 0. The van der Waals surface area contributed by atoms with E-state index in [0.29, 0.717) is 37.9 Å². The predicted octanol–water partition coefficient (Wildman–Crippen LogP) is 1.50. The summed E-state index contributed by atoms with van der Waals surface area (Å²) in [6.07, 6.45) is -0.199. The molecular formula is C18H30FIN4O3S. The number of nitrogens with zero attached hydrogens (tertiary/aromatic N) is 2. The Morgan fingerprint density at radius 3 is 2.68 bits per heavy atom. The van der Waals surface area contributed by atoms with Crippen molar-refractivity contribution in [2.24, 2.45) is 4.99 Å². The summed E-state index contributed by atoms with van der Waals surface area (Å²) in [6.45, 7) is 7.61. The first kappa shape index (κ1) is 24.9. The minimum atomic E-state index is -2.85. The van der Waals surface area contributed by atoms with Gasteiger partial charge in [-0.1, -0.05) is 6.07 Å². The molecule has 1 aliphatic rings. The van der Waals surface area contributed by atoms with Gasteiger partial charge < -0.3 is 15.4 Å². The van der Waals surface area contributed by atoms with Crippen LogP contribution in [0.5, 0.6) is 5.75 Å². The number of guanidine groups is 1. The number of nitrogens with one attached hydrogen (secondary N) is 2. The van der Waals surface area contributed by atoms with E-state index < -0.39 is 9.84 Å². The van der Waals surface area contributed by atoms with Crippen LogP contribution >= 0.6 is 24.0 Å². The smallest absolute Gasteiger partial charge is 0.191 e. The fourth-order valence-corrected chi connectivity index (χ4v) is 3.95. The zero-order valence-corrected chi connectivity index (χ0v) is 19.5. The molecule has 0 radical (unpaired) electrons. The molecule has 0 saturated carbocycles. The van der Waals surface area contributed by atoms with Crippen LogP contribution in [0.1, 0.15) is 13.8 Å². The van der Waals surface area contributed by atoms with E-state index in [-0.39, 0.29) is 47.4 Å². The van der Waals surface area contributed by atoms with Gasteiger partial charge in [-0.15, -0.1) is 24.0 Å². The Kier molecular flexibility index (Phi) is 11.1. The summed E-state index contributed by atoms with van der Waals surface area (Å²) in [5.41, 5.74) is 0. The van der Waals surface area contributed by atoms with Crippen LogP contribution < -0.4 is 15.4 Å². The van der Waals surface area contributed by atoms with E-state index in [1.165, 1.54) is 12.1 Å². The molecule has 160 valence electrons. The molecule has 1 atom stereocenters. The van der Waals surface area contributed by atoms with E-state index >= 15 is 0 Å². The number of hydrogen-bond donors (Lipinski definition) is 2. The van der Waals surface area contributed by atoms with E-state index in [4.69, 9.17) is 4.74 Å². The number of rotatable bonds is 8. The maximum atomic E-state index is 13.2. The maximum absolute atomic E-state index is 13.2. The first-order chi connectivity index (χ1) is 12.9. The molecule has 1 heterocycles. The molecule has 28 heavy (non-hydrogen) atoms. The number of sulfone groups is 1. The maximum Gasteiger partial charge on any atom is 0.191 e. The lowest BCUT2D eigenvalue weighted by Crippen LogP contribution is -2.46. The molecule has 1 aromatic carbocycles. The monoisotopic (exact) mass is 528 g/mol. The van der Waals surface area contributed by atoms with Crippen molar-refractivity contribution in [1.29, 1.82) is 0 Å². The van der Waals surface area contributed by atoms with Gasteiger partial charge in [0.05, 0.1) is 18.1 Å². The molecular weight excluding hydrogens is 498 g/mol. The van der Waals surface area contributed by atoms with E-state index in [1.54, 1.807) is 12.1 Å². The SMILES string of the molecule is CCNC(=NCC(C)Oc1cccc(F)c1)NCCN1CCS(=O)(=O)CC1.I. The van der Waals surface area contributed by atoms with Gasteiger partial charge in [-0.2, -0.15) is 0 Å². The van der Waals surface area contributed by atoms with Crippen LogP contribution in [0.3, 0.4) is 0 Å². The zero-order valence-electron chi connectivity index (χ0n) is 16.4. The molecule has 0 aliphatic carbocycles. The second kappa shape index (κ2) is 12.4. The third-order valence-corrected chi connectivity index (χ3v) is 5.75. The quantitative estimate of drug-likeness (QED) is 0.303. The molecule has 2 N–H and O–H groups in total. The Hall–Kier alpha value is -1.14. The number of benzene rings is 1. The fourth-order valence-electron chi connectivity index (χ4n) is 2.68. The van der Waals surface area contributed by atoms with Crippen molar-refractivity contribution in [2.75, 3.05) is 50.8 Å². The highest BCUT2D eigenvalue weighted by molar-refractivity contribution is 14.0. The summed E-state index contributed by atoms with van der Waals surface area (Å²) in [7, 11) is -2.85. The molecule has 10 heteroatoms. The van der Waals surface area contributed by atoms with Gasteiger partial charge in [0.15, 0.2) is 15.8 Å². The molecule has 1 fully saturated rings. The number of aliphatic imine (C=N–C) groups is 1. The second-order valence-electron chi connectivity index (χ2n) is 6.53. The molecule has 1 saturated heterocycles. The molecule has 2 rings (SSSR count). The van der Waals surface area contributed by atoms with Crippen molar-refractivity contribution >= 4 is 39.8 Å². The van der Waals surface area contributed by atoms with Crippen LogP contribution in [-0.2, 0) is 9.84 Å². The van der Waals surface area contributed by atoms with E-state index in [9.17, 15) is 12.8 Å². The summed E-state index contributed by atoms with van der Waals surface area (Å²) >= 11 is 0. The molecule has 0 bridgehead atoms. The first-order valence-electron chi connectivity index (χ1n) is 9.25. The molecule has 1 aliphatic heterocycles. The van der Waals surface area contributed by atoms with E-state index in [1.807, 2.05) is 13.8 Å². The summed E-state index contributed by atoms with van der Waals surface area (Å²) < 4.78 is 41.8. The third kappa shape index (κ3) is 9.37. The normalized spacial score (nSPS) is 18.0. The third-order valence-electron chi connectivity index (χ3n) is 4.14. The van der Waals surface area contributed by atoms with Gasteiger partial charge in [0.2, 0.25) is 0 Å². The number of ether oxygens (including phenoxy) is 1. The Balaban J connectivity index is 0.00000392. The largest absolute Gasteiger partial charge is 0.489 e. The van der Waals surface area contributed by atoms with Crippen molar-refractivity contribution in [1.82, 2.24) is 15.5 Å². The molecule has 0 aromatic heterocycles. The lowest BCUT2D eigenvalue weighted by atomic mass is 10.3. The molecule has 1 unspecified atom stereocenters. The van der Waals surface area contributed by atoms with Crippen LogP contribution in [0, 0.1) is 5.82 Å². The lowest BCUT2D eigenvalue weighted by molar-refractivity contribution is 0.229. The van der Waals surface area contributed by atoms with Crippen LogP contribution in [0.15, 0.2) is 29.3 Å². The number of halogens is 2. The van der Waals surface area contributed by atoms with Gasteiger partial charge in [0, 0.05) is 38.8 Å². The molecule has 0 amide bonds. The Bertz CT molecular complexity index is 719. The zero-order chi connectivity index (χ0) is 19.7. The van der Waals surface area contributed by atoms with Crippen LogP contribution in [0.4, 0.5) is 4.39 Å². The molecule has 7 nitrogen and oxygen atoms in total. The molecule has 0 spiro atoms. The van der Waals surface area contributed by atoms with Crippen molar-refractivity contribution in [3.63, 3.8) is 0 Å². The predicted molar refractivity (Wildman–Crippen MR) is 121 cm³/mol. The standard InChI is InChI=1S/C18H29FN4O3S.HI/c1-3-20-18(21-7-8-23-9-11-27(24,25)12-10-23)22-14-15(2)26-17-6-4-5-16(19)13-17;/h4-6,13,15H,3,7-12,14H2,1-2H3,(H2,20,21,22);1H. The summed E-state index contributed by atoms with van der Waals surface area (Å²) in [4.78, 5) is 6.63. The van der Waals surface area contributed by atoms with E-state index in [0.717, 1.165) is 13.1 Å². The highest BCUT2D eigenvalue weighted by Gasteiger charge is 2.20. The van der Waals surface area contributed by atoms with Gasteiger partial charge in [0.25, 0.3) is 0 Å². The molecule has 1 aromatic rings. The van der Waals surface area contributed by atoms with Crippen LogP contribution in [-0.4, -0.2) is 76.2 Å². The van der Waals surface area contributed by atoms with Gasteiger partial charge in [-0.3, -0.25) is 4.90 Å². The van der Waals surface area contributed by atoms with Crippen LogP contribution in [0.25, 0.3) is 0 Å². The van der Waals surface area contributed by atoms with Gasteiger partial charge in [-0.05, 0) is 26.0 Å². The van der Waals surface area contributed by atoms with Crippen LogP contribution in [0.2, 0.25) is 0 Å². The first-order valence-corrected chi connectivity index (χ1v) is 11.1. The lowest BCUT2D eigenvalue weighted by Gasteiger charge is -2.26. The summed E-state index contributed by atoms with van der Waals surface area (Å²) in [5.74, 6) is 1.29. The van der Waals surface area contributed by atoms with Gasteiger partial charge >= 0.3 is 0 Å². The van der Waals surface area contributed by atoms with Crippen molar-refractivity contribution < 1.29 is 17.5 Å². The highest BCUT2D eigenvalue weighted by atomic mass is 127. The van der Waals surface area contributed by atoms with Crippen molar-refractivity contribution in [2.45, 2.75) is 20.0 Å². The Morgan fingerprint density at radius 1 is 1.32 bits per heavy atom. The van der Waals surface area contributed by atoms with E-state index in [2.05, 4.69) is 20.5 Å². The Labute approximate surface area is 184 Å². The average Bonchev–Trinajstić information content (AvgIpc) is 2.61. The topological polar surface area (TPSA) is 83.0 Å². The minimum Gasteiger partial charge on any atom is -0.489 e.